The Morgan fingerprint density at radius 1 is 1.33 bits per heavy atom. The zero-order valence-corrected chi connectivity index (χ0v) is 13.3. The number of rotatable bonds is 5. The Bertz CT molecular complexity index is 462. The molecule has 1 heterocycles. The zero-order chi connectivity index (χ0) is 13.9. The van der Waals surface area contributed by atoms with Gasteiger partial charge >= 0.3 is 0 Å². The monoisotopic (exact) mass is 314 g/mol. The molecule has 1 N–H and O–H groups in total. The van der Waals surface area contributed by atoms with Gasteiger partial charge < -0.3 is 10.1 Å². The average molecular weight is 315 g/mol. The van der Waals surface area contributed by atoms with Crippen LogP contribution in [0.25, 0.3) is 0 Å². The Morgan fingerprint density at radius 3 is 2.67 bits per heavy atom. The molecule has 5 heteroatoms. The Kier molecular flexibility index (Phi) is 5.85. The van der Waals surface area contributed by atoms with Gasteiger partial charge in [0.15, 0.2) is 0 Å². The highest BCUT2D eigenvalue weighted by molar-refractivity contribution is 5.85. The third kappa shape index (κ3) is 4.09. The van der Waals surface area contributed by atoms with Crippen LogP contribution in [-0.2, 0) is 0 Å². The summed E-state index contributed by atoms with van der Waals surface area (Å²) in [5.74, 6) is 1.30. The SMILES string of the molecule is COc1cc(F)ccc1[C@H](CC1CC1)N1CCNCC1.Cl. The molecule has 1 saturated heterocycles. The molecular formula is C16H24ClFN2O. The molecule has 0 aromatic heterocycles. The molecule has 1 atom stereocenters. The number of nitrogens with zero attached hydrogens (tertiary/aromatic N) is 1. The molecule has 0 radical (unpaired) electrons. The first-order chi connectivity index (χ1) is 9.78. The highest BCUT2D eigenvalue weighted by Crippen LogP contribution is 2.42. The van der Waals surface area contributed by atoms with Crippen molar-refractivity contribution in [2.45, 2.75) is 25.3 Å². The lowest BCUT2D eigenvalue weighted by molar-refractivity contribution is 0.157. The van der Waals surface area contributed by atoms with Gasteiger partial charge in [0.25, 0.3) is 0 Å². The first-order valence-electron chi connectivity index (χ1n) is 7.56. The summed E-state index contributed by atoms with van der Waals surface area (Å²) >= 11 is 0. The predicted molar refractivity (Wildman–Crippen MR) is 84.7 cm³/mol. The van der Waals surface area contributed by atoms with Crippen LogP contribution in [0.1, 0.15) is 30.9 Å². The number of benzene rings is 1. The van der Waals surface area contributed by atoms with Crippen molar-refractivity contribution in [3.8, 4) is 5.75 Å². The highest BCUT2D eigenvalue weighted by Gasteiger charge is 2.31. The normalized spacial score (nSPS) is 20.7. The number of piperazine rings is 1. The van der Waals surface area contributed by atoms with E-state index in [0.717, 1.165) is 37.7 Å². The van der Waals surface area contributed by atoms with Crippen LogP contribution in [0.4, 0.5) is 4.39 Å². The topological polar surface area (TPSA) is 24.5 Å². The maximum atomic E-state index is 13.4. The lowest BCUT2D eigenvalue weighted by atomic mass is 9.97. The van der Waals surface area contributed by atoms with Crippen LogP contribution >= 0.6 is 12.4 Å². The standard InChI is InChI=1S/C16H23FN2O.ClH/c1-20-16-11-13(17)4-5-14(16)15(10-12-2-3-12)19-8-6-18-7-9-19;/h4-5,11-12,15,18H,2-3,6-10H2,1H3;1H/t15-;/m0./s1. The van der Waals surface area contributed by atoms with Crippen LogP contribution in [-0.4, -0.2) is 38.2 Å². The second kappa shape index (κ2) is 7.43. The molecule has 1 aromatic carbocycles. The first kappa shape index (κ1) is 16.5. The van der Waals surface area contributed by atoms with Gasteiger partial charge in [0.2, 0.25) is 0 Å². The van der Waals surface area contributed by atoms with Crippen molar-refractivity contribution >= 4 is 12.4 Å². The summed E-state index contributed by atoms with van der Waals surface area (Å²) in [7, 11) is 1.63. The van der Waals surface area contributed by atoms with Crippen molar-refractivity contribution < 1.29 is 9.13 Å². The smallest absolute Gasteiger partial charge is 0.126 e. The fourth-order valence-electron chi connectivity index (χ4n) is 3.10. The summed E-state index contributed by atoms with van der Waals surface area (Å²) in [6.07, 6.45) is 3.85. The van der Waals surface area contributed by atoms with Crippen molar-refractivity contribution in [2.75, 3.05) is 33.3 Å². The number of nitrogens with one attached hydrogen (secondary N) is 1. The van der Waals surface area contributed by atoms with Crippen LogP contribution in [0.15, 0.2) is 18.2 Å². The Labute approximate surface area is 132 Å². The average Bonchev–Trinajstić information content (AvgIpc) is 3.30. The fourth-order valence-corrected chi connectivity index (χ4v) is 3.10. The van der Waals surface area contributed by atoms with Crippen LogP contribution in [0.2, 0.25) is 0 Å². The summed E-state index contributed by atoms with van der Waals surface area (Å²) in [6, 6.07) is 5.33. The van der Waals surface area contributed by atoms with Gasteiger partial charge in [0.05, 0.1) is 7.11 Å². The van der Waals surface area contributed by atoms with E-state index in [2.05, 4.69) is 10.2 Å². The van der Waals surface area contributed by atoms with Gasteiger partial charge in [-0.3, -0.25) is 4.90 Å². The van der Waals surface area contributed by atoms with Crippen LogP contribution in [0.5, 0.6) is 5.75 Å². The molecule has 2 aliphatic rings. The number of hydrogen-bond donors (Lipinski definition) is 1. The molecule has 0 unspecified atom stereocenters. The summed E-state index contributed by atoms with van der Waals surface area (Å²) in [5.41, 5.74) is 1.14. The van der Waals surface area contributed by atoms with E-state index in [9.17, 15) is 4.39 Å². The minimum Gasteiger partial charge on any atom is -0.496 e. The summed E-state index contributed by atoms with van der Waals surface area (Å²) in [6.45, 7) is 4.17. The molecule has 2 fully saturated rings. The van der Waals surface area contributed by atoms with E-state index < -0.39 is 0 Å². The first-order valence-corrected chi connectivity index (χ1v) is 7.56. The maximum absolute atomic E-state index is 13.4. The molecule has 21 heavy (non-hydrogen) atoms. The molecule has 3 nitrogen and oxygen atoms in total. The van der Waals surface area contributed by atoms with Crippen LogP contribution in [0, 0.1) is 11.7 Å². The van der Waals surface area contributed by atoms with E-state index in [1.165, 1.54) is 25.3 Å². The second-order valence-corrected chi connectivity index (χ2v) is 5.87. The molecular weight excluding hydrogens is 291 g/mol. The highest BCUT2D eigenvalue weighted by atomic mass is 35.5. The summed E-state index contributed by atoms with van der Waals surface area (Å²) in [5, 5.41) is 3.39. The molecule has 0 spiro atoms. The molecule has 1 aromatic rings. The van der Waals surface area contributed by atoms with E-state index in [1.807, 2.05) is 6.07 Å². The maximum Gasteiger partial charge on any atom is 0.126 e. The van der Waals surface area contributed by atoms with E-state index in [1.54, 1.807) is 13.2 Å². The molecule has 3 rings (SSSR count). The van der Waals surface area contributed by atoms with E-state index >= 15 is 0 Å². The third-order valence-electron chi connectivity index (χ3n) is 4.40. The number of hydrogen-bond acceptors (Lipinski definition) is 3. The van der Waals surface area contributed by atoms with Crippen LogP contribution in [0.3, 0.4) is 0 Å². The lowest BCUT2D eigenvalue weighted by Gasteiger charge is -2.36. The van der Waals surface area contributed by atoms with Crippen LogP contribution < -0.4 is 10.1 Å². The quantitative estimate of drug-likeness (QED) is 0.904. The summed E-state index contributed by atoms with van der Waals surface area (Å²) < 4.78 is 18.8. The lowest BCUT2D eigenvalue weighted by Crippen LogP contribution is -2.45. The Balaban J connectivity index is 0.00000161. The van der Waals surface area contributed by atoms with Crippen molar-refractivity contribution in [3.63, 3.8) is 0 Å². The van der Waals surface area contributed by atoms with Crippen molar-refractivity contribution in [2.24, 2.45) is 5.92 Å². The Morgan fingerprint density at radius 2 is 2.05 bits per heavy atom. The molecule has 1 aliphatic carbocycles. The molecule has 1 aliphatic heterocycles. The van der Waals surface area contributed by atoms with Gasteiger partial charge in [0.1, 0.15) is 11.6 Å². The minimum atomic E-state index is -0.226. The van der Waals surface area contributed by atoms with Gasteiger partial charge in [-0.1, -0.05) is 18.9 Å². The largest absolute Gasteiger partial charge is 0.496 e. The van der Waals surface area contributed by atoms with Gasteiger partial charge in [-0.15, -0.1) is 12.4 Å². The molecule has 0 bridgehead atoms. The van der Waals surface area contributed by atoms with E-state index in [-0.39, 0.29) is 18.2 Å². The van der Waals surface area contributed by atoms with Crippen molar-refractivity contribution in [3.05, 3.63) is 29.6 Å². The molecule has 0 amide bonds. The van der Waals surface area contributed by atoms with E-state index in [4.69, 9.17) is 4.74 Å². The predicted octanol–water partition coefficient (Wildman–Crippen LogP) is 3.00. The number of methoxy groups -OCH3 is 1. The van der Waals surface area contributed by atoms with Crippen molar-refractivity contribution in [1.29, 1.82) is 0 Å². The van der Waals surface area contributed by atoms with Gasteiger partial charge in [-0.2, -0.15) is 0 Å². The molecule has 1 saturated carbocycles. The number of halogens is 2. The third-order valence-corrected chi connectivity index (χ3v) is 4.40. The Hall–Kier alpha value is -0.840. The van der Waals surface area contributed by atoms with Gasteiger partial charge in [-0.25, -0.2) is 4.39 Å². The number of ether oxygens (including phenoxy) is 1. The fraction of sp³-hybridized carbons (Fsp3) is 0.625. The van der Waals surface area contributed by atoms with E-state index in [0.29, 0.717) is 11.8 Å². The molecule has 118 valence electrons. The summed E-state index contributed by atoms with van der Waals surface area (Å²) in [4.78, 5) is 2.52. The minimum absolute atomic E-state index is 0. The van der Waals surface area contributed by atoms with Gasteiger partial charge in [0, 0.05) is 43.9 Å². The zero-order valence-electron chi connectivity index (χ0n) is 12.5. The second-order valence-electron chi connectivity index (χ2n) is 5.87. The van der Waals surface area contributed by atoms with Crippen molar-refractivity contribution in [1.82, 2.24) is 10.2 Å². The van der Waals surface area contributed by atoms with Gasteiger partial charge in [-0.05, 0) is 18.4 Å².